The average Bonchev–Trinajstić information content (AvgIpc) is 1.84. The van der Waals surface area contributed by atoms with Gasteiger partial charge in [-0.25, -0.2) is 0 Å². The van der Waals surface area contributed by atoms with Crippen LogP contribution in [0, 0.1) is 11.8 Å². The van der Waals surface area contributed by atoms with Crippen molar-refractivity contribution in [2.45, 2.75) is 26.9 Å². The molecular formula is C7H14O2. The first-order valence-electron chi connectivity index (χ1n) is 3.23. The molecule has 0 aliphatic rings. The number of rotatable bonds is 3. The zero-order chi connectivity index (χ0) is 7.44. The van der Waals surface area contributed by atoms with Gasteiger partial charge in [-0.2, -0.15) is 0 Å². The van der Waals surface area contributed by atoms with Gasteiger partial charge in [0.05, 0.1) is 6.10 Å². The molecule has 0 heterocycles. The number of carbonyl (C=O) groups is 1. The molecule has 0 spiro atoms. The number of hydrogen-bond acceptors (Lipinski definition) is 2. The Morgan fingerprint density at radius 3 is 1.89 bits per heavy atom. The molecule has 0 unspecified atom stereocenters. The van der Waals surface area contributed by atoms with Crippen molar-refractivity contribution in [3.63, 3.8) is 0 Å². The number of hydrogen-bond donors (Lipinski definition) is 1. The van der Waals surface area contributed by atoms with E-state index in [1.165, 1.54) is 0 Å². The van der Waals surface area contributed by atoms with E-state index in [1.807, 2.05) is 13.8 Å². The second-order valence-corrected chi connectivity index (χ2v) is 2.73. The molecule has 54 valence electrons. The Morgan fingerprint density at radius 2 is 1.78 bits per heavy atom. The highest BCUT2D eigenvalue weighted by molar-refractivity contribution is 5.53. The first-order chi connectivity index (χ1) is 4.09. The van der Waals surface area contributed by atoms with E-state index in [1.54, 1.807) is 6.92 Å². The molecule has 0 aromatic rings. The van der Waals surface area contributed by atoms with Crippen molar-refractivity contribution in [3.05, 3.63) is 0 Å². The average molecular weight is 130 g/mol. The lowest BCUT2D eigenvalue weighted by Crippen LogP contribution is -2.24. The number of aliphatic hydroxyl groups excluding tert-OH is 1. The standard InChI is InChI=1S/C7H14O2/c1-5(2)7(9)6(3)4-8/h4-7,9H,1-3H3/t6-,7+/m1/s1. The van der Waals surface area contributed by atoms with Crippen LogP contribution < -0.4 is 0 Å². The minimum Gasteiger partial charge on any atom is -0.392 e. The van der Waals surface area contributed by atoms with E-state index in [9.17, 15) is 4.79 Å². The van der Waals surface area contributed by atoms with Crippen molar-refractivity contribution in [1.82, 2.24) is 0 Å². The molecule has 0 aromatic heterocycles. The molecule has 2 heteroatoms. The zero-order valence-corrected chi connectivity index (χ0v) is 6.16. The summed E-state index contributed by atoms with van der Waals surface area (Å²) >= 11 is 0. The molecular weight excluding hydrogens is 116 g/mol. The predicted octanol–water partition coefficient (Wildman–Crippen LogP) is 0.838. The Labute approximate surface area is 55.9 Å². The van der Waals surface area contributed by atoms with Gasteiger partial charge in [-0.1, -0.05) is 20.8 Å². The molecule has 0 radical (unpaired) electrons. The molecule has 0 aromatic carbocycles. The van der Waals surface area contributed by atoms with Crippen molar-refractivity contribution < 1.29 is 9.90 Å². The van der Waals surface area contributed by atoms with E-state index in [0.717, 1.165) is 6.29 Å². The summed E-state index contributed by atoms with van der Waals surface area (Å²) in [5, 5.41) is 9.16. The van der Waals surface area contributed by atoms with Crippen LogP contribution in [0.2, 0.25) is 0 Å². The normalized spacial score (nSPS) is 17.4. The topological polar surface area (TPSA) is 37.3 Å². The molecule has 0 fully saturated rings. The van der Waals surface area contributed by atoms with Crippen LogP contribution in [0.1, 0.15) is 20.8 Å². The Balaban J connectivity index is 3.71. The summed E-state index contributed by atoms with van der Waals surface area (Å²) in [6, 6.07) is 0. The molecule has 2 atom stereocenters. The van der Waals surface area contributed by atoms with E-state index in [2.05, 4.69) is 0 Å². The fourth-order valence-electron chi connectivity index (χ4n) is 0.688. The van der Waals surface area contributed by atoms with Crippen LogP contribution in [0.3, 0.4) is 0 Å². The lowest BCUT2D eigenvalue weighted by atomic mass is 9.96. The van der Waals surface area contributed by atoms with Crippen LogP contribution in [0.4, 0.5) is 0 Å². The first kappa shape index (κ1) is 8.63. The lowest BCUT2D eigenvalue weighted by Gasteiger charge is -2.16. The van der Waals surface area contributed by atoms with E-state index < -0.39 is 6.10 Å². The summed E-state index contributed by atoms with van der Waals surface area (Å²) in [6.45, 7) is 5.51. The summed E-state index contributed by atoms with van der Waals surface area (Å²) < 4.78 is 0. The van der Waals surface area contributed by atoms with Crippen molar-refractivity contribution in [2.75, 3.05) is 0 Å². The Bertz CT molecular complexity index is 88.9. The molecule has 0 aliphatic heterocycles. The maximum Gasteiger partial charge on any atom is 0.125 e. The van der Waals surface area contributed by atoms with E-state index in [-0.39, 0.29) is 11.8 Å². The maximum absolute atomic E-state index is 10.1. The summed E-state index contributed by atoms with van der Waals surface area (Å²) in [6.07, 6.45) is 0.299. The van der Waals surface area contributed by atoms with Crippen molar-refractivity contribution in [3.8, 4) is 0 Å². The number of aldehydes is 1. The molecule has 0 saturated carbocycles. The monoisotopic (exact) mass is 130 g/mol. The van der Waals surface area contributed by atoms with Crippen LogP contribution in [0.25, 0.3) is 0 Å². The van der Waals surface area contributed by atoms with Gasteiger partial charge in [-0.15, -0.1) is 0 Å². The SMILES string of the molecule is CC(C)[C@H](O)[C@H](C)C=O. The van der Waals surface area contributed by atoms with Crippen LogP contribution in [0.15, 0.2) is 0 Å². The number of aliphatic hydroxyl groups is 1. The predicted molar refractivity (Wildman–Crippen MR) is 36.1 cm³/mol. The van der Waals surface area contributed by atoms with Gasteiger partial charge in [0, 0.05) is 5.92 Å². The molecule has 0 aliphatic carbocycles. The molecule has 1 N–H and O–H groups in total. The summed E-state index contributed by atoms with van der Waals surface area (Å²) in [4.78, 5) is 10.1. The van der Waals surface area contributed by atoms with Crippen molar-refractivity contribution in [2.24, 2.45) is 11.8 Å². The first-order valence-corrected chi connectivity index (χ1v) is 3.23. The van der Waals surface area contributed by atoms with Gasteiger partial charge in [0.1, 0.15) is 6.29 Å². The van der Waals surface area contributed by atoms with Gasteiger partial charge in [0.2, 0.25) is 0 Å². The van der Waals surface area contributed by atoms with Crippen LogP contribution in [-0.2, 0) is 4.79 Å². The molecule has 0 bridgehead atoms. The third-order valence-corrected chi connectivity index (χ3v) is 1.44. The molecule has 9 heavy (non-hydrogen) atoms. The van der Waals surface area contributed by atoms with Gasteiger partial charge < -0.3 is 9.90 Å². The molecule has 0 rings (SSSR count). The third kappa shape index (κ3) is 2.61. The van der Waals surface area contributed by atoms with E-state index in [0.29, 0.717) is 0 Å². The van der Waals surface area contributed by atoms with Crippen LogP contribution in [-0.4, -0.2) is 17.5 Å². The summed E-state index contributed by atoms with van der Waals surface area (Å²) in [5.41, 5.74) is 0. The Kier molecular flexibility index (Phi) is 3.47. The quantitative estimate of drug-likeness (QED) is 0.575. The largest absolute Gasteiger partial charge is 0.392 e. The summed E-state index contributed by atoms with van der Waals surface area (Å²) in [5.74, 6) is -0.0600. The highest BCUT2D eigenvalue weighted by Crippen LogP contribution is 2.09. The van der Waals surface area contributed by atoms with Gasteiger partial charge in [0.15, 0.2) is 0 Å². The molecule has 0 saturated heterocycles. The second-order valence-electron chi connectivity index (χ2n) is 2.73. The van der Waals surface area contributed by atoms with Gasteiger partial charge in [-0.05, 0) is 5.92 Å². The van der Waals surface area contributed by atoms with E-state index in [4.69, 9.17) is 5.11 Å². The fraction of sp³-hybridized carbons (Fsp3) is 0.857. The van der Waals surface area contributed by atoms with Gasteiger partial charge in [-0.3, -0.25) is 0 Å². The minimum atomic E-state index is -0.484. The number of carbonyl (C=O) groups excluding carboxylic acids is 1. The van der Waals surface area contributed by atoms with Crippen LogP contribution in [0.5, 0.6) is 0 Å². The second kappa shape index (κ2) is 3.62. The van der Waals surface area contributed by atoms with E-state index >= 15 is 0 Å². The maximum atomic E-state index is 10.1. The summed E-state index contributed by atoms with van der Waals surface area (Å²) in [7, 11) is 0. The fourth-order valence-corrected chi connectivity index (χ4v) is 0.688. The minimum absolute atomic E-state index is 0.171. The smallest absolute Gasteiger partial charge is 0.125 e. The van der Waals surface area contributed by atoms with Crippen molar-refractivity contribution >= 4 is 6.29 Å². The molecule has 2 nitrogen and oxygen atoms in total. The lowest BCUT2D eigenvalue weighted by molar-refractivity contribution is -0.114. The highest BCUT2D eigenvalue weighted by atomic mass is 16.3. The molecule has 0 amide bonds. The third-order valence-electron chi connectivity index (χ3n) is 1.44. The van der Waals surface area contributed by atoms with Crippen molar-refractivity contribution in [1.29, 1.82) is 0 Å². The van der Waals surface area contributed by atoms with Crippen LogP contribution >= 0.6 is 0 Å². The zero-order valence-electron chi connectivity index (χ0n) is 6.16. The Morgan fingerprint density at radius 1 is 1.33 bits per heavy atom. The van der Waals surface area contributed by atoms with Gasteiger partial charge >= 0.3 is 0 Å². The highest BCUT2D eigenvalue weighted by Gasteiger charge is 2.15. The van der Waals surface area contributed by atoms with Gasteiger partial charge in [0.25, 0.3) is 0 Å². The Hall–Kier alpha value is -0.370.